The van der Waals surface area contributed by atoms with Crippen LogP contribution in [-0.2, 0) is 16.1 Å². The molecule has 2 amide bonds. The van der Waals surface area contributed by atoms with Gasteiger partial charge in [0.05, 0.1) is 18.3 Å². The van der Waals surface area contributed by atoms with Crippen molar-refractivity contribution in [2.24, 2.45) is 0 Å². The average molecular weight is 416 g/mol. The maximum absolute atomic E-state index is 13.6. The summed E-state index contributed by atoms with van der Waals surface area (Å²) < 4.78 is 12.9. The van der Waals surface area contributed by atoms with Gasteiger partial charge < -0.3 is 23.9 Å². The molecule has 30 heavy (non-hydrogen) atoms. The summed E-state index contributed by atoms with van der Waals surface area (Å²) in [5, 5.41) is 3.29. The molecule has 2 aromatic rings. The van der Waals surface area contributed by atoms with E-state index in [1.54, 1.807) is 17.2 Å². The molecule has 0 saturated heterocycles. The molecule has 4 rings (SSSR count). The predicted molar refractivity (Wildman–Crippen MR) is 114 cm³/mol. The van der Waals surface area contributed by atoms with Crippen molar-refractivity contribution in [3.63, 3.8) is 0 Å². The van der Waals surface area contributed by atoms with Crippen LogP contribution in [-0.4, -0.2) is 52.6 Å². The number of hydrogen-bond acceptors (Lipinski definition) is 4. The molecule has 1 saturated carbocycles. The first-order chi connectivity index (χ1) is 14.5. The average Bonchev–Trinajstić information content (AvgIpc) is 3.22. The highest BCUT2D eigenvalue weighted by Gasteiger charge is 2.48. The third-order valence-electron chi connectivity index (χ3n) is 6.60. The SMILES string of the molecule is CCOCCCN1C(=O)c2cc3occc3n2CC1(C)C(=O)NC1CCCCCC1. The number of furan rings is 1. The number of aromatic nitrogens is 1. The van der Waals surface area contributed by atoms with Crippen molar-refractivity contribution in [3.8, 4) is 0 Å². The molecular weight excluding hydrogens is 382 g/mol. The van der Waals surface area contributed by atoms with E-state index >= 15 is 0 Å². The minimum atomic E-state index is -0.953. The van der Waals surface area contributed by atoms with Crippen molar-refractivity contribution < 1.29 is 18.7 Å². The fourth-order valence-corrected chi connectivity index (χ4v) is 4.86. The van der Waals surface area contributed by atoms with Gasteiger partial charge in [-0.25, -0.2) is 0 Å². The Morgan fingerprint density at radius 2 is 2.07 bits per heavy atom. The smallest absolute Gasteiger partial charge is 0.271 e. The number of hydrogen-bond donors (Lipinski definition) is 1. The van der Waals surface area contributed by atoms with E-state index in [1.807, 2.05) is 24.5 Å². The Morgan fingerprint density at radius 3 is 2.80 bits per heavy atom. The Balaban J connectivity index is 1.61. The molecule has 164 valence electrons. The second-order valence-corrected chi connectivity index (χ2v) is 8.73. The summed E-state index contributed by atoms with van der Waals surface area (Å²) in [5.74, 6) is -0.183. The van der Waals surface area contributed by atoms with E-state index in [0.717, 1.165) is 31.2 Å². The van der Waals surface area contributed by atoms with Crippen molar-refractivity contribution in [3.05, 3.63) is 24.1 Å². The van der Waals surface area contributed by atoms with Crippen LogP contribution in [0, 0.1) is 0 Å². The molecule has 1 atom stereocenters. The molecule has 0 aromatic carbocycles. The van der Waals surface area contributed by atoms with Gasteiger partial charge in [-0.05, 0) is 33.1 Å². The third-order valence-corrected chi connectivity index (χ3v) is 6.60. The van der Waals surface area contributed by atoms with Crippen LogP contribution in [0.25, 0.3) is 11.1 Å². The second-order valence-electron chi connectivity index (χ2n) is 8.73. The molecule has 1 unspecified atom stereocenters. The Morgan fingerprint density at radius 1 is 1.30 bits per heavy atom. The number of amides is 2. The molecule has 7 heteroatoms. The van der Waals surface area contributed by atoms with Crippen LogP contribution in [0.1, 0.15) is 69.3 Å². The Kier molecular flexibility index (Phi) is 6.18. The first kappa shape index (κ1) is 21.0. The fourth-order valence-electron chi connectivity index (χ4n) is 4.86. The summed E-state index contributed by atoms with van der Waals surface area (Å²) >= 11 is 0. The molecule has 2 aromatic heterocycles. The van der Waals surface area contributed by atoms with Gasteiger partial charge in [-0.2, -0.15) is 0 Å². The summed E-state index contributed by atoms with van der Waals surface area (Å²) in [4.78, 5) is 28.8. The van der Waals surface area contributed by atoms with E-state index in [0.29, 0.717) is 44.0 Å². The van der Waals surface area contributed by atoms with E-state index < -0.39 is 5.54 Å². The number of carbonyl (C=O) groups excluding carboxylic acids is 2. The highest BCUT2D eigenvalue weighted by molar-refractivity contribution is 6.02. The summed E-state index contributed by atoms with van der Waals surface area (Å²) in [6.07, 6.45) is 9.12. The molecule has 0 spiro atoms. The molecule has 7 nitrogen and oxygen atoms in total. The van der Waals surface area contributed by atoms with Crippen LogP contribution >= 0.6 is 0 Å². The van der Waals surface area contributed by atoms with Gasteiger partial charge in [-0.1, -0.05) is 25.7 Å². The Bertz CT molecular complexity index is 894. The van der Waals surface area contributed by atoms with Gasteiger partial charge in [-0.15, -0.1) is 0 Å². The van der Waals surface area contributed by atoms with Crippen molar-refractivity contribution in [1.29, 1.82) is 0 Å². The zero-order chi connectivity index (χ0) is 21.1. The fraction of sp³-hybridized carbons (Fsp3) is 0.652. The monoisotopic (exact) mass is 415 g/mol. The summed E-state index contributed by atoms with van der Waals surface area (Å²) in [6, 6.07) is 3.84. The zero-order valence-corrected chi connectivity index (χ0v) is 18.1. The number of carbonyl (C=O) groups is 2. The van der Waals surface area contributed by atoms with Crippen LogP contribution < -0.4 is 5.32 Å². The zero-order valence-electron chi connectivity index (χ0n) is 18.1. The summed E-state index contributed by atoms with van der Waals surface area (Å²) in [6.45, 7) is 5.98. The summed E-state index contributed by atoms with van der Waals surface area (Å²) in [7, 11) is 0. The van der Waals surface area contributed by atoms with Gasteiger partial charge in [0.25, 0.3) is 5.91 Å². The van der Waals surface area contributed by atoms with E-state index in [1.165, 1.54) is 12.8 Å². The highest BCUT2D eigenvalue weighted by atomic mass is 16.5. The summed E-state index contributed by atoms with van der Waals surface area (Å²) in [5.41, 5.74) is 1.17. The van der Waals surface area contributed by atoms with Gasteiger partial charge in [0.1, 0.15) is 11.2 Å². The first-order valence-corrected chi connectivity index (χ1v) is 11.3. The van der Waals surface area contributed by atoms with Crippen LogP contribution in [0.15, 0.2) is 22.8 Å². The number of nitrogens with one attached hydrogen (secondary N) is 1. The number of ether oxygens (including phenoxy) is 1. The second kappa shape index (κ2) is 8.84. The number of rotatable bonds is 7. The highest BCUT2D eigenvalue weighted by Crippen LogP contribution is 2.33. The van der Waals surface area contributed by atoms with Gasteiger partial charge >= 0.3 is 0 Å². The topological polar surface area (TPSA) is 76.7 Å². The van der Waals surface area contributed by atoms with Gasteiger partial charge in [0, 0.05) is 37.9 Å². The van der Waals surface area contributed by atoms with Gasteiger partial charge in [-0.3, -0.25) is 9.59 Å². The third kappa shape index (κ3) is 3.87. The molecule has 1 N–H and O–H groups in total. The van der Waals surface area contributed by atoms with E-state index in [2.05, 4.69) is 5.32 Å². The number of fused-ring (bicyclic) bond motifs is 3. The van der Waals surface area contributed by atoms with Crippen molar-refractivity contribution >= 4 is 22.9 Å². The largest absolute Gasteiger partial charge is 0.463 e. The lowest BCUT2D eigenvalue weighted by Gasteiger charge is -2.44. The Hall–Kier alpha value is -2.28. The molecule has 1 fully saturated rings. The minimum Gasteiger partial charge on any atom is -0.463 e. The van der Waals surface area contributed by atoms with Crippen molar-refractivity contribution in [1.82, 2.24) is 14.8 Å². The van der Waals surface area contributed by atoms with E-state index in [-0.39, 0.29) is 17.9 Å². The molecular formula is C23H33N3O4. The Labute approximate surface area is 177 Å². The van der Waals surface area contributed by atoms with E-state index in [9.17, 15) is 9.59 Å². The lowest BCUT2D eigenvalue weighted by molar-refractivity contribution is -0.133. The molecule has 0 bridgehead atoms. The normalized spacial score (nSPS) is 22.9. The van der Waals surface area contributed by atoms with Gasteiger partial charge in [0.15, 0.2) is 5.58 Å². The lowest BCUT2D eigenvalue weighted by Crippen LogP contribution is -2.65. The molecule has 2 aliphatic rings. The molecule has 1 aliphatic carbocycles. The molecule has 1 aliphatic heterocycles. The first-order valence-electron chi connectivity index (χ1n) is 11.3. The van der Waals surface area contributed by atoms with E-state index in [4.69, 9.17) is 9.15 Å². The van der Waals surface area contributed by atoms with Crippen LogP contribution in [0.3, 0.4) is 0 Å². The lowest BCUT2D eigenvalue weighted by atomic mass is 9.93. The van der Waals surface area contributed by atoms with Gasteiger partial charge in [0.2, 0.25) is 5.91 Å². The van der Waals surface area contributed by atoms with Crippen molar-refractivity contribution in [2.45, 2.75) is 76.9 Å². The van der Waals surface area contributed by atoms with Crippen LogP contribution in [0.4, 0.5) is 0 Å². The maximum atomic E-state index is 13.6. The minimum absolute atomic E-state index is 0.0600. The van der Waals surface area contributed by atoms with Crippen LogP contribution in [0.5, 0.6) is 0 Å². The molecule has 0 radical (unpaired) electrons. The van der Waals surface area contributed by atoms with Crippen LogP contribution in [0.2, 0.25) is 0 Å². The quantitative estimate of drug-likeness (QED) is 0.552. The predicted octanol–water partition coefficient (Wildman–Crippen LogP) is 3.71. The standard InChI is InChI=1S/C23H33N3O4/c1-3-29-13-8-12-26-21(27)19-15-20-18(11-14-30-20)25(19)16-23(26,2)22(28)24-17-9-6-4-5-7-10-17/h11,14-15,17H,3-10,12-13,16H2,1-2H3,(H,24,28). The number of nitrogens with zero attached hydrogens (tertiary/aromatic N) is 2. The molecule has 3 heterocycles. The van der Waals surface area contributed by atoms with Crippen molar-refractivity contribution in [2.75, 3.05) is 19.8 Å². The maximum Gasteiger partial charge on any atom is 0.271 e.